The third-order valence-electron chi connectivity index (χ3n) is 5.32. The van der Waals surface area contributed by atoms with Gasteiger partial charge in [-0.2, -0.15) is 0 Å². The Morgan fingerprint density at radius 2 is 1.72 bits per heavy atom. The third kappa shape index (κ3) is 3.93. The van der Waals surface area contributed by atoms with Crippen LogP contribution in [0.3, 0.4) is 0 Å². The van der Waals surface area contributed by atoms with Crippen LogP contribution in [0.1, 0.15) is 40.0 Å². The first-order valence-corrected chi connectivity index (χ1v) is 10.1. The molecule has 0 saturated carbocycles. The first-order chi connectivity index (χ1) is 14.0. The Labute approximate surface area is 180 Å². The summed E-state index contributed by atoms with van der Waals surface area (Å²) < 4.78 is 11.1. The Balaban J connectivity index is 1.83. The van der Waals surface area contributed by atoms with Gasteiger partial charge in [-0.25, -0.2) is 0 Å². The molecule has 2 heterocycles. The van der Waals surface area contributed by atoms with Crippen LogP contribution in [0.4, 0.5) is 0 Å². The molecular formula is C23H22Cl2N2O2. The lowest BCUT2D eigenvalue weighted by molar-refractivity contribution is 0.350. The number of hydrogen-bond acceptors (Lipinski definition) is 4. The average molecular weight is 429 g/mol. The number of aryl methyl sites for hydroxylation is 1. The molecule has 0 spiro atoms. The summed E-state index contributed by atoms with van der Waals surface area (Å²) in [4.78, 5) is 4.65. The number of ether oxygens (including phenoxy) is 2. The van der Waals surface area contributed by atoms with Crippen molar-refractivity contribution in [2.45, 2.75) is 25.4 Å². The number of pyridine rings is 1. The van der Waals surface area contributed by atoms with Gasteiger partial charge in [0.25, 0.3) is 0 Å². The average Bonchev–Trinajstić information content (AvgIpc) is 2.74. The maximum Gasteiger partial charge on any atom is 0.161 e. The van der Waals surface area contributed by atoms with Gasteiger partial charge in [-0.1, -0.05) is 35.3 Å². The molecule has 0 fully saturated rings. The van der Waals surface area contributed by atoms with Crippen LogP contribution in [0.5, 0.6) is 11.5 Å². The molecule has 150 valence electrons. The smallest absolute Gasteiger partial charge is 0.161 e. The zero-order valence-electron chi connectivity index (χ0n) is 16.5. The van der Waals surface area contributed by atoms with Gasteiger partial charge in [0.1, 0.15) is 0 Å². The van der Waals surface area contributed by atoms with Crippen LogP contribution < -0.4 is 14.8 Å². The molecule has 1 aliphatic rings. The standard InChI is InChI=1S/C23H22Cl2N2O2/c1-13-4-7-19(26-12-13)20-9-15-10-21(28-2)22(29-3)11-16(15)23(27-20)14-5-6-17(24)18(25)8-14/h4-8,10-12,20,23,27H,9H2,1-3H3/t20-,23-/m1/s1. The molecule has 4 rings (SSSR count). The second kappa shape index (κ2) is 8.23. The van der Waals surface area contributed by atoms with Crippen molar-refractivity contribution in [1.82, 2.24) is 10.3 Å². The van der Waals surface area contributed by atoms with E-state index >= 15 is 0 Å². The van der Waals surface area contributed by atoms with Crippen molar-refractivity contribution in [2.75, 3.05) is 14.2 Å². The summed E-state index contributed by atoms with van der Waals surface area (Å²) in [6, 6.07) is 14.0. The number of methoxy groups -OCH3 is 2. The molecule has 29 heavy (non-hydrogen) atoms. The van der Waals surface area contributed by atoms with Crippen molar-refractivity contribution in [3.63, 3.8) is 0 Å². The summed E-state index contributed by atoms with van der Waals surface area (Å²) in [7, 11) is 3.30. The van der Waals surface area contributed by atoms with E-state index in [2.05, 4.69) is 28.5 Å². The van der Waals surface area contributed by atoms with Crippen LogP contribution in [0.15, 0.2) is 48.7 Å². The Kier molecular flexibility index (Phi) is 5.68. The van der Waals surface area contributed by atoms with Crippen LogP contribution >= 0.6 is 23.2 Å². The number of rotatable bonds is 4. The number of aromatic nitrogens is 1. The molecule has 0 aliphatic carbocycles. The van der Waals surface area contributed by atoms with Crippen LogP contribution in [0, 0.1) is 6.92 Å². The quantitative estimate of drug-likeness (QED) is 0.579. The van der Waals surface area contributed by atoms with E-state index in [0.29, 0.717) is 15.8 Å². The maximum atomic E-state index is 6.32. The second-order valence-electron chi connectivity index (χ2n) is 7.20. The molecule has 2 atom stereocenters. The maximum absolute atomic E-state index is 6.32. The molecule has 3 aromatic rings. The zero-order chi connectivity index (χ0) is 20.5. The molecule has 6 heteroatoms. The van der Waals surface area contributed by atoms with Gasteiger partial charge in [0.2, 0.25) is 0 Å². The minimum Gasteiger partial charge on any atom is -0.493 e. The lowest BCUT2D eigenvalue weighted by atomic mass is 9.85. The predicted molar refractivity (Wildman–Crippen MR) is 116 cm³/mol. The molecule has 1 aromatic heterocycles. The Bertz CT molecular complexity index is 1040. The Morgan fingerprint density at radius 1 is 0.966 bits per heavy atom. The minimum atomic E-state index is -0.0820. The topological polar surface area (TPSA) is 43.4 Å². The van der Waals surface area contributed by atoms with Crippen molar-refractivity contribution in [3.8, 4) is 11.5 Å². The fourth-order valence-electron chi connectivity index (χ4n) is 3.80. The van der Waals surface area contributed by atoms with E-state index in [4.69, 9.17) is 32.7 Å². The summed E-state index contributed by atoms with van der Waals surface area (Å²) in [5.41, 5.74) is 5.48. The lowest BCUT2D eigenvalue weighted by Crippen LogP contribution is -2.34. The lowest BCUT2D eigenvalue weighted by Gasteiger charge is -2.34. The second-order valence-corrected chi connectivity index (χ2v) is 8.01. The third-order valence-corrected chi connectivity index (χ3v) is 6.06. The molecule has 0 unspecified atom stereocenters. The van der Waals surface area contributed by atoms with E-state index in [1.807, 2.05) is 37.4 Å². The normalized spacial score (nSPS) is 18.2. The highest BCUT2D eigenvalue weighted by molar-refractivity contribution is 6.42. The van der Waals surface area contributed by atoms with Crippen molar-refractivity contribution in [1.29, 1.82) is 0 Å². The van der Waals surface area contributed by atoms with Gasteiger partial charge >= 0.3 is 0 Å². The van der Waals surface area contributed by atoms with Gasteiger partial charge in [0, 0.05) is 6.20 Å². The molecule has 4 nitrogen and oxygen atoms in total. The first kappa shape index (κ1) is 20.0. The van der Waals surface area contributed by atoms with E-state index in [9.17, 15) is 0 Å². The van der Waals surface area contributed by atoms with Crippen LogP contribution in [0.2, 0.25) is 10.0 Å². The van der Waals surface area contributed by atoms with Crippen LogP contribution in [-0.4, -0.2) is 19.2 Å². The fraction of sp³-hybridized carbons (Fsp3) is 0.261. The highest BCUT2D eigenvalue weighted by Gasteiger charge is 2.31. The Morgan fingerprint density at radius 3 is 2.38 bits per heavy atom. The van der Waals surface area contributed by atoms with Gasteiger partial charge in [0.05, 0.1) is 42.0 Å². The molecule has 0 amide bonds. The van der Waals surface area contributed by atoms with Gasteiger partial charge in [0.15, 0.2) is 11.5 Å². The van der Waals surface area contributed by atoms with Gasteiger partial charge in [-0.3, -0.25) is 10.3 Å². The number of benzene rings is 2. The van der Waals surface area contributed by atoms with Crippen molar-refractivity contribution in [2.24, 2.45) is 0 Å². The largest absolute Gasteiger partial charge is 0.493 e. The number of nitrogens with zero attached hydrogens (tertiary/aromatic N) is 1. The summed E-state index contributed by atoms with van der Waals surface area (Å²) in [5, 5.41) is 4.81. The number of nitrogens with one attached hydrogen (secondary N) is 1. The zero-order valence-corrected chi connectivity index (χ0v) is 18.0. The molecular weight excluding hydrogens is 407 g/mol. The van der Waals surface area contributed by atoms with Gasteiger partial charge in [-0.15, -0.1) is 0 Å². The van der Waals surface area contributed by atoms with Crippen molar-refractivity contribution < 1.29 is 9.47 Å². The van der Waals surface area contributed by atoms with E-state index in [1.165, 1.54) is 5.56 Å². The van der Waals surface area contributed by atoms with E-state index < -0.39 is 0 Å². The molecule has 1 N–H and O–H groups in total. The summed E-state index contributed by atoms with van der Waals surface area (Å²) in [5.74, 6) is 1.42. The summed E-state index contributed by atoms with van der Waals surface area (Å²) >= 11 is 12.5. The predicted octanol–water partition coefficient (Wildman–Crippen LogP) is 5.69. The molecule has 0 saturated heterocycles. The number of halogens is 2. The molecule has 0 bridgehead atoms. The summed E-state index contributed by atoms with van der Waals surface area (Å²) in [6.45, 7) is 2.04. The highest BCUT2D eigenvalue weighted by atomic mass is 35.5. The van der Waals surface area contributed by atoms with E-state index in [-0.39, 0.29) is 12.1 Å². The SMILES string of the molecule is COc1cc2c(cc1OC)[C@@H](c1ccc(Cl)c(Cl)c1)N[C@@H](c1ccc(C)cn1)C2. The van der Waals surface area contributed by atoms with Crippen LogP contribution in [-0.2, 0) is 6.42 Å². The van der Waals surface area contributed by atoms with Gasteiger partial charge < -0.3 is 9.47 Å². The first-order valence-electron chi connectivity index (χ1n) is 9.38. The number of fused-ring (bicyclic) bond motifs is 1. The van der Waals surface area contributed by atoms with Crippen LogP contribution in [0.25, 0.3) is 0 Å². The molecule has 0 radical (unpaired) electrons. The molecule has 1 aliphatic heterocycles. The monoisotopic (exact) mass is 428 g/mol. The van der Waals surface area contributed by atoms with Crippen molar-refractivity contribution in [3.05, 3.63) is 86.7 Å². The summed E-state index contributed by atoms with van der Waals surface area (Å²) in [6.07, 6.45) is 2.69. The molecule has 2 aromatic carbocycles. The Hall–Kier alpha value is -2.27. The van der Waals surface area contributed by atoms with Gasteiger partial charge in [-0.05, 0) is 65.9 Å². The number of hydrogen-bond donors (Lipinski definition) is 1. The van der Waals surface area contributed by atoms with E-state index in [0.717, 1.165) is 34.6 Å². The minimum absolute atomic E-state index is 0.0562. The van der Waals surface area contributed by atoms with Crippen molar-refractivity contribution >= 4 is 23.2 Å². The highest BCUT2D eigenvalue weighted by Crippen LogP contribution is 2.41. The van der Waals surface area contributed by atoms with E-state index in [1.54, 1.807) is 14.2 Å². The fourth-order valence-corrected chi connectivity index (χ4v) is 4.10.